The normalized spacial score (nSPS) is 17.8. The maximum atomic E-state index is 11.5. The number of rotatable bonds is 11. The first kappa shape index (κ1) is 20.3. The number of nitrogens with zero attached hydrogens (tertiary/aromatic N) is 4. The number of hydrogen-bond acceptors (Lipinski definition) is 8. The molecule has 0 unspecified atom stereocenters. The summed E-state index contributed by atoms with van der Waals surface area (Å²) in [5.74, 6) is 0.453. The third-order valence-electron chi connectivity index (χ3n) is 4.20. The van der Waals surface area contributed by atoms with E-state index >= 15 is 0 Å². The number of likely N-dealkylation sites (N-methyl/N-ethyl adjacent to an activating group) is 1. The van der Waals surface area contributed by atoms with Crippen LogP contribution >= 0.6 is 0 Å². The molecule has 0 aromatic carbocycles. The summed E-state index contributed by atoms with van der Waals surface area (Å²) in [4.78, 5) is 2.11. The first-order valence-electron chi connectivity index (χ1n) is 8.63. The number of hydrogen-bond donors (Lipinski definition) is 1. The third kappa shape index (κ3) is 7.02. The van der Waals surface area contributed by atoms with Crippen molar-refractivity contribution in [3.05, 3.63) is 5.69 Å². The van der Waals surface area contributed by atoms with E-state index in [4.69, 9.17) is 9.47 Å². The minimum atomic E-state index is -2.85. The van der Waals surface area contributed by atoms with Crippen molar-refractivity contribution in [2.75, 3.05) is 64.6 Å². The van der Waals surface area contributed by atoms with Gasteiger partial charge in [-0.2, -0.15) is 0 Å². The van der Waals surface area contributed by atoms with Crippen molar-refractivity contribution in [1.29, 1.82) is 0 Å². The van der Waals surface area contributed by atoms with E-state index in [1.807, 2.05) is 19.6 Å². The average Bonchev–Trinajstić information content (AvgIpc) is 2.92. The third-order valence-corrected chi connectivity index (χ3v) is 5.81. The van der Waals surface area contributed by atoms with Crippen LogP contribution < -0.4 is 10.9 Å². The summed E-state index contributed by atoms with van der Waals surface area (Å²) in [5, 5.41) is 11.4. The molecule has 1 aromatic heterocycles. The molecule has 1 N–H and O–H groups in total. The molecular formula is C14H28BN5O4S. The second kappa shape index (κ2) is 10.2. The number of sulfone groups is 1. The fourth-order valence-corrected chi connectivity index (χ4v) is 3.80. The zero-order valence-corrected chi connectivity index (χ0v) is 15.9. The van der Waals surface area contributed by atoms with Crippen molar-refractivity contribution in [3.8, 4) is 0 Å². The van der Waals surface area contributed by atoms with Crippen LogP contribution in [0.2, 0.25) is 0 Å². The maximum absolute atomic E-state index is 11.5. The molecule has 0 radical (unpaired) electrons. The van der Waals surface area contributed by atoms with Crippen LogP contribution in [-0.4, -0.2) is 101 Å². The average molecular weight is 373 g/mol. The van der Waals surface area contributed by atoms with E-state index in [-0.39, 0.29) is 11.5 Å². The van der Waals surface area contributed by atoms with E-state index in [0.29, 0.717) is 52.6 Å². The SMILES string of the molecule is Bc1c(CN2CCS(=O)(=O)CC2)nnn1CCOCCOCCNC. The number of aromatic nitrogens is 3. The van der Waals surface area contributed by atoms with Gasteiger partial charge in [0, 0.05) is 31.8 Å². The Morgan fingerprint density at radius 3 is 2.52 bits per heavy atom. The van der Waals surface area contributed by atoms with Crippen LogP contribution in [0.1, 0.15) is 5.69 Å². The van der Waals surface area contributed by atoms with Gasteiger partial charge >= 0.3 is 0 Å². The summed E-state index contributed by atoms with van der Waals surface area (Å²) >= 11 is 0. The molecule has 1 aliphatic rings. The molecule has 0 atom stereocenters. The minimum Gasteiger partial charge on any atom is -0.378 e. The van der Waals surface area contributed by atoms with Crippen molar-refractivity contribution in [2.45, 2.75) is 13.1 Å². The highest BCUT2D eigenvalue weighted by molar-refractivity contribution is 7.91. The van der Waals surface area contributed by atoms with Gasteiger partial charge < -0.3 is 14.8 Å². The molecule has 1 aliphatic heterocycles. The molecule has 1 saturated heterocycles. The monoisotopic (exact) mass is 373 g/mol. The molecule has 1 aromatic rings. The summed E-state index contributed by atoms with van der Waals surface area (Å²) in [7, 11) is 1.02. The van der Waals surface area contributed by atoms with Gasteiger partial charge in [0.2, 0.25) is 0 Å². The summed E-state index contributed by atoms with van der Waals surface area (Å²) in [6.45, 7) is 5.63. The smallest absolute Gasteiger partial charge is 0.166 e. The fraction of sp³-hybridized carbons (Fsp3) is 0.857. The molecule has 0 spiro atoms. The standard InChI is InChI=1S/C14H28BN5O4S/c1-16-2-6-23-8-9-24-7-3-20-14(15)13(17-18-20)12-19-4-10-25(21,22)11-5-19/h16H,2-12,15H2,1H3. The van der Waals surface area contributed by atoms with Crippen LogP contribution in [0.25, 0.3) is 0 Å². The molecule has 0 aliphatic carbocycles. The van der Waals surface area contributed by atoms with Crippen molar-refractivity contribution in [3.63, 3.8) is 0 Å². The molecule has 11 heteroatoms. The van der Waals surface area contributed by atoms with E-state index in [2.05, 4.69) is 20.5 Å². The van der Waals surface area contributed by atoms with Gasteiger partial charge in [-0.25, -0.2) is 8.42 Å². The molecule has 0 amide bonds. The number of ether oxygens (including phenoxy) is 2. The van der Waals surface area contributed by atoms with Crippen LogP contribution in [0, 0.1) is 0 Å². The number of nitrogens with one attached hydrogen (secondary N) is 1. The van der Waals surface area contributed by atoms with Crippen molar-refractivity contribution in [1.82, 2.24) is 25.2 Å². The van der Waals surface area contributed by atoms with Gasteiger partial charge in [0.15, 0.2) is 17.7 Å². The quantitative estimate of drug-likeness (QED) is 0.324. The van der Waals surface area contributed by atoms with Crippen LogP contribution in [0.5, 0.6) is 0 Å². The molecule has 0 bridgehead atoms. The lowest BCUT2D eigenvalue weighted by atomic mass is 10.0. The second-order valence-electron chi connectivity index (χ2n) is 6.10. The van der Waals surface area contributed by atoms with Crippen molar-refractivity contribution < 1.29 is 17.9 Å². The molecule has 9 nitrogen and oxygen atoms in total. The second-order valence-corrected chi connectivity index (χ2v) is 8.40. The Bertz CT molecular complexity index is 611. The first-order valence-corrected chi connectivity index (χ1v) is 10.5. The zero-order chi connectivity index (χ0) is 18.1. The zero-order valence-electron chi connectivity index (χ0n) is 15.1. The van der Waals surface area contributed by atoms with E-state index < -0.39 is 9.84 Å². The predicted octanol–water partition coefficient (Wildman–Crippen LogP) is -2.98. The molecule has 142 valence electrons. The van der Waals surface area contributed by atoms with Gasteiger partial charge in [-0.1, -0.05) is 5.21 Å². The topological polar surface area (TPSA) is 98.6 Å². The van der Waals surface area contributed by atoms with Gasteiger partial charge in [0.05, 0.1) is 50.2 Å². The van der Waals surface area contributed by atoms with Crippen molar-refractivity contribution >= 4 is 23.3 Å². The van der Waals surface area contributed by atoms with Crippen LogP contribution in [0.15, 0.2) is 0 Å². The highest BCUT2D eigenvalue weighted by Crippen LogP contribution is 2.06. The van der Waals surface area contributed by atoms with Crippen molar-refractivity contribution in [2.24, 2.45) is 0 Å². The van der Waals surface area contributed by atoms with Gasteiger partial charge in [-0.3, -0.25) is 9.58 Å². The minimum absolute atomic E-state index is 0.227. The highest BCUT2D eigenvalue weighted by Gasteiger charge is 2.22. The Kier molecular flexibility index (Phi) is 8.30. The lowest BCUT2D eigenvalue weighted by Crippen LogP contribution is -2.40. The van der Waals surface area contributed by atoms with Crippen LogP contribution in [0.3, 0.4) is 0 Å². The van der Waals surface area contributed by atoms with E-state index in [9.17, 15) is 8.42 Å². The first-order chi connectivity index (χ1) is 12.0. The van der Waals surface area contributed by atoms with Crippen LogP contribution in [-0.2, 0) is 32.4 Å². The molecule has 1 fully saturated rings. The summed E-state index contributed by atoms with van der Waals surface area (Å²) in [6, 6.07) is 0. The Morgan fingerprint density at radius 2 is 1.84 bits per heavy atom. The molecular weight excluding hydrogens is 345 g/mol. The molecule has 2 heterocycles. The largest absolute Gasteiger partial charge is 0.378 e. The summed E-state index contributed by atoms with van der Waals surface area (Å²) in [6.07, 6.45) is 0. The van der Waals surface area contributed by atoms with Crippen LogP contribution in [0.4, 0.5) is 0 Å². The van der Waals surface area contributed by atoms with Gasteiger partial charge in [-0.05, 0) is 7.05 Å². The van der Waals surface area contributed by atoms with E-state index in [1.165, 1.54) is 0 Å². The Hall–Kier alpha value is -1.01. The highest BCUT2D eigenvalue weighted by atomic mass is 32.2. The van der Waals surface area contributed by atoms with Gasteiger partial charge in [0.25, 0.3) is 0 Å². The predicted molar refractivity (Wildman–Crippen MR) is 97.7 cm³/mol. The molecule has 25 heavy (non-hydrogen) atoms. The van der Waals surface area contributed by atoms with Gasteiger partial charge in [-0.15, -0.1) is 5.10 Å². The van der Waals surface area contributed by atoms with Gasteiger partial charge in [0.1, 0.15) is 0 Å². The Balaban J connectivity index is 1.66. The lowest BCUT2D eigenvalue weighted by molar-refractivity contribution is 0.0455. The maximum Gasteiger partial charge on any atom is 0.166 e. The Labute approximate surface area is 150 Å². The summed E-state index contributed by atoms with van der Waals surface area (Å²) < 4.78 is 35.7. The summed E-state index contributed by atoms with van der Waals surface area (Å²) in [5.41, 5.74) is 1.90. The van der Waals surface area contributed by atoms with E-state index in [0.717, 1.165) is 17.8 Å². The Morgan fingerprint density at radius 1 is 1.16 bits per heavy atom. The fourth-order valence-electron chi connectivity index (χ4n) is 2.52. The molecule has 2 rings (SSSR count). The lowest BCUT2D eigenvalue weighted by Gasteiger charge is -2.25. The molecule has 0 saturated carbocycles. The van der Waals surface area contributed by atoms with E-state index in [1.54, 1.807) is 0 Å².